The highest BCUT2D eigenvalue weighted by Crippen LogP contribution is 2.31. The number of carbonyl (C=O) groups is 2. The third kappa shape index (κ3) is 9.06. The summed E-state index contributed by atoms with van der Waals surface area (Å²) in [6.07, 6.45) is 2.03. The lowest BCUT2D eigenvalue weighted by Crippen LogP contribution is -2.54. The predicted octanol–water partition coefficient (Wildman–Crippen LogP) is 5.09. The van der Waals surface area contributed by atoms with Gasteiger partial charge in [0.1, 0.15) is 18.3 Å². The molecule has 0 aliphatic carbocycles. The van der Waals surface area contributed by atoms with Crippen molar-refractivity contribution in [2.75, 3.05) is 24.2 Å². The lowest BCUT2D eigenvalue weighted by molar-refractivity contribution is -0.140. The summed E-state index contributed by atoms with van der Waals surface area (Å²) in [5.74, 6) is -0.493. The molecule has 220 valence electrons. The first kappa shape index (κ1) is 32.1. The molecule has 2 atom stereocenters. The van der Waals surface area contributed by atoms with Crippen molar-refractivity contribution in [2.45, 2.75) is 52.2 Å². The van der Waals surface area contributed by atoms with Gasteiger partial charge in [-0.3, -0.25) is 13.9 Å². The number of hydrogen-bond donors (Lipinski definition) is 1. The molecule has 0 spiro atoms. The molecule has 3 rings (SSSR count). The first-order chi connectivity index (χ1) is 19.4. The van der Waals surface area contributed by atoms with Crippen molar-refractivity contribution >= 4 is 43.5 Å². The number of amides is 2. The molecule has 0 radical (unpaired) electrons. The van der Waals surface area contributed by atoms with Crippen LogP contribution in [-0.4, -0.2) is 57.1 Å². The summed E-state index contributed by atoms with van der Waals surface area (Å²) >= 11 is 3.49. The van der Waals surface area contributed by atoms with E-state index in [0.717, 1.165) is 38.1 Å². The maximum atomic E-state index is 14.2. The van der Waals surface area contributed by atoms with Crippen LogP contribution < -0.4 is 14.4 Å². The Balaban J connectivity index is 2.10. The fourth-order valence-corrected chi connectivity index (χ4v) is 5.71. The summed E-state index contributed by atoms with van der Waals surface area (Å²) in [6.45, 7) is 5.31. The number of anilines is 1. The van der Waals surface area contributed by atoms with E-state index in [0.29, 0.717) is 5.75 Å². The summed E-state index contributed by atoms with van der Waals surface area (Å²) in [6, 6.07) is 21.1. The Hall–Kier alpha value is -3.37. The number of methoxy groups -OCH3 is 1. The van der Waals surface area contributed by atoms with Gasteiger partial charge < -0.3 is 15.0 Å². The van der Waals surface area contributed by atoms with Crippen LogP contribution in [0.5, 0.6) is 5.75 Å². The zero-order valence-corrected chi connectivity index (χ0v) is 26.5. The third-order valence-corrected chi connectivity index (χ3v) is 8.42. The monoisotopic (exact) mass is 643 g/mol. The molecule has 0 unspecified atom stereocenters. The Morgan fingerprint density at radius 3 is 2.29 bits per heavy atom. The van der Waals surface area contributed by atoms with Crippen molar-refractivity contribution in [1.82, 2.24) is 10.2 Å². The topological polar surface area (TPSA) is 96.0 Å². The van der Waals surface area contributed by atoms with Gasteiger partial charge in [0.2, 0.25) is 21.8 Å². The standard InChI is InChI=1S/C31H38BrN3O5S/c1-6-23(3)33-31(37)28(19-24-11-8-7-9-12-24)34(20-25-13-10-14-26(32)18-25)30(36)21-35(41(5,38)39)27-17-22(2)15-16-29(27)40-4/h7-18,23,28H,6,19-21H2,1-5H3,(H,33,37)/t23-,28-/m0/s1. The van der Waals surface area contributed by atoms with Crippen LogP contribution in [0.4, 0.5) is 5.69 Å². The number of halogens is 1. The van der Waals surface area contributed by atoms with Crippen molar-refractivity contribution in [3.05, 3.63) is 94.0 Å². The van der Waals surface area contributed by atoms with Gasteiger partial charge in [-0.05, 0) is 61.2 Å². The van der Waals surface area contributed by atoms with Crippen LogP contribution in [0, 0.1) is 6.92 Å². The fraction of sp³-hybridized carbons (Fsp3) is 0.355. The summed E-state index contributed by atoms with van der Waals surface area (Å²) < 4.78 is 33.4. The Bertz CT molecular complexity index is 1450. The second-order valence-electron chi connectivity index (χ2n) is 10.1. The molecule has 3 aromatic rings. The number of nitrogens with one attached hydrogen (secondary N) is 1. The molecule has 0 saturated heterocycles. The Morgan fingerprint density at radius 2 is 1.68 bits per heavy atom. The lowest BCUT2D eigenvalue weighted by Gasteiger charge is -2.34. The molecule has 0 aliphatic rings. The highest BCUT2D eigenvalue weighted by molar-refractivity contribution is 9.10. The highest BCUT2D eigenvalue weighted by atomic mass is 79.9. The van der Waals surface area contributed by atoms with Gasteiger partial charge in [0.25, 0.3) is 0 Å². The van der Waals surface area contributed by atoms with Crippen molar-refractivity contribution < 1.29 is 22.7 Å². The maximum absolute atomic E-state index is 14.2. The minimum atomic E-state index is -3.91. The Morgan fingerprint density at radius 1 is 1.00 bits per heavy atom. The molecule has 0 aromatic heterocycles. The van der Waals surface area contributed by atoms with Crippen molar-refractivity contribution in [2.24, 2.45) is 0 Å². The summed E-state index contributed by atoms with van der Waals surface area (Å²) in [7, 11) is -2.46. The molecule has 1 N–H and O–H groups in total. The number of ether oxygens (including phenoxy) is 1. The molecule has 41 heavy (non-hydrogen) atoms. The van der Waals surface area contributed by atoms with Gasteiger partial charge in [0, 0.05) is 23.5 Å². The van der Waals surface area contributed by atoms with E-state index in [1.54, 1.807) is 18.2 Å². The van der Waals surface area contributed by atoms with Gasteiger partial charge in [-0.2, -0.15) is 0 Å². The molecule has 10 heteroatoms. The first-order valence-corrected chi connectivity index (χ1v) is 16.1. The van der Waals surface area contributed by atoms with Crippen LogP contribution in [0.25, 0.3) is 0 Å². The van der Waals surface area contributed by atoms with Gasteiger partial charge in [0.05, 0.1) is 19.1 Å². The van der Waals surface area contributed by atoms with Gasteiger partial charge in [-0.1, -0.05) is 71.4 Å². The average Bonchev–Trinajstić information content (AvgIpc) is 2.93. The molecule has 0 heterocycles. The molecule has 0 saturated carbocycles. The number of carbonyl (C=O) groups excluding carboxylic acids is 2. The molecule has 0 bridgehead atoms. The fourth-order valence-electron chi connectivity index (χ4n) is 4.42. The van der Waals surface area contributed by atoms with Gasteiger partial charge >= 0.3 is 0 Å². The smallest absolute Gasteiger partial charge is 0.244 e. The van der Waals surface area contributed by atoms with Crippen LogP contribution in [0.2, 0.25) is 0 Å². The number of nitrogens with zero attached hydrogens (tertiary/aromatic N) is 2. The summed E-state index contributed by atoms with van der Waals surface area (Å²) in [4.78, 5) is 29.5. The maximum Gasteiger partial charge on any atom is 0.244 e. The van der Waals surface area contributed by atoms with E-state index in [-0.39, 0.29) is 30.6 Å². The molecule has 0 aliphatic heterocycles. The first-order valence-electron chi connectivity index (χ1n) is 13.4. The van der Waals surface area contributed by atoms with E-state index in [1.165, 1.54) is 12.0 Å². The average molecular weight is 645 g/mol. The molecule has 3 aromatic carbocycles. The predicted molar refractivity (Wildman–Crippen MR) is 166 cm³/mol. The third-order valence-electron chi connectivity index (χ3n) is 6.80. The van der Waals surface area contributed by atoms with E-state index < -0.39 is 28.5 Å². The Labute approximate surface area is 251 Å². The quantitative estimate of drug-likeness (QED) is 0.280. The van der Waals surface area contributed by atoms with Crippen LogP contribution in [0.15, 0.2) is 77.3 Å². The molecule has 2 amide bonds. The molecular weight excluding hydrogens is 606 g/mol. The number of sulfonamides is 1. The van der Waals surface area contributed by atoms with Gasteiger partial charge in [-0.25, -0.2) is 8.42 Å². The SMILES string of the molecule is CC[C@H](C)NC(=O)[C@H](Cc1ccccc1)N(Cc1cccc(Br)c1)C(=O)CN(c1cc(C)ccc1OC)S(C)(=O)=O. The highest BCUT2D eigenvalue weighted by Gasteiger charge is 2.34. The summed E-state index contributed by atoms with van der Waals surface area (Å²) in [5.41, 5.74) is 2.74. The van der Waals surface area contributed by atoms with E-state index in [2.05, 4.69) is 21.2 Å². The zero-order valence-electron chi connectivity index (χ0n) is 24.1. The number of benzene rings is 3. The zero-order chi connectivity index (χ0) is 30.2. The lowest BCUT2D eigenvalue weighted by atomic mass is 10.0. The summed E-state index contributed by atoms with van der Waals surface area (Å²) in [5, 5.41) is 3.03. The Kier molecular flexibility index (Phi) is 11.4. The van der Waals surface area contributed by atoms with Crippen molar-refractivity contribution in [3.63, 3.8) is 0 Å². The molecule has 0 fully saturated rings. The number of aryl methyl sites for hydroxylation is 1. The van der Waals surface area contributed by atoms with Gasteiger partial charge in [-0.15, -0.1) is 0 Å². The van der Waals surface area contributed by atoms with Crippen molar-refractivity contribution in [1.29, 1.82) is 0 Å². The van der Waals surface area contributed by atoms with Crippen LogP contribution in [0.1, 0.15) is 37.0 Å². The second kappa shape index (κ2) is 14.5. The van der Waals surface area contributed by atoms with Crippen molar-refractivity contribution in [3.8, 4) is 5.75 Å². The van der Waals surface area contributed by atoms with E-state index in [1.807, 2.05) is 75.4 Å². The van der Waals surface area contributed by atoms with Crippen LogP contribution in [-0.2, 0) is 32.6 Å². The van der Waals surface area contributed by atoms with E-state index in [9.17, 15) is 18.0 Å². The normalized spacial score (nSPS) is 12.7. The van der Waals surface area contributed by atoms with E-state index in [4.69, 9.17) is 4.74 Å². The van der Waals surface area contributed by atoms with Crippen LogP contribution >= 0.6 is 15.9 Å². The number of rotatable bonds is 13. The van der Waals surface area contributed by atoms with Gasteiger partial charge in [0.15, 0.2) is 0 Å². The minimum absolute atomic E-state index is 0.103. The largest absolute Gasteiger partial charge is 0.495 e. The van der Waals surface area contributed by atoms with E-state index >= 15 is 0 Å². The second-order valence-corrected chi connectivity index (χ2v) is 12.9. The minimum Gasteiger partial charge on any atom is -0.495 e. The van der Waals surface area contributed by atoms with Crippen LogP contribution in [0.3, 0.4) is 0 Å². The molecule has 8 nitrogen and oxygen atoms in total. The molecular formula is C31H38BrN3O5S. The number of hydrogen-bond acceptors (Lipinski definition) is 5.